The molecule has 0 aromatic carbocycles. The van der Waals surface area contributed by atoms with Crippen LogP contribution in [0.25, 0.3) is 0 Å². The summed E-state index contributed by atoms with van der Waals surface area (Å²) in [6.45, 7) is 7.49. The van der Waals surface area contributed by atoms with Crippen molar-refractivity contribution in [2.75, 3.05) is 19.7 Å². The van der Waals surface area contributed by atoms with Gasteiger partial charge in [0.05, 0.1) is 25.5 Å². The zero-order chi connectivity index (χ0) is 14.5. The molecule has 0 aliphatic carbocycles. The summed E-state index contributed by atoms with van der Waals surface area (Å²) in [4.78, 5) is 13.7. The minimum absolute atomic E-state index is 0.231. The molecule has 2 unspecified atom stereocenters. The van der Waals surface area contributed by atoms with Gasteiger partial charge in [-0.25, -0.2) is 5.84 Å². The van der Waals surface area contributed by atoms with Gasteiger partial charge < -0.3 is 4.74 Å². The fourth-order valence-corrected chi connectivity index (χ4v) is 2.38. The van der Waals surface area contributed by atoms with Gasteiger partial charge in [-0.2, -0.15) is 0 Å². The van der Waals surface area contributed by atoms with E-state index in [0.29, 0.717) is 12.6 Å². The topological polar surface area (TPSA) is 98.3 Å². The summed E-state index contributed by atoms with van der Waals surface area (Å²) in [5, 5.41) is 7.71. The number of nitrogens with zero attached hydrogens (tertiary/aromatic N) is 4. The largest absolute Gasteiger partial charge is 0.376 e. The first-order valence-electron chi connectivity index (χ1n) is 6.90. The Labute approximate surface area is 118 Å². The van der Waals surface area contributed by atoms with Crippen molar-refractivity contribution in [3.05, 3.63) is 11.9 Å². The van der Waals surface area contributed by atoms with Gasteiger partial charge >= 0.3 is 0 Å². The molecule has 1 aromatic heterocycles. The number of carbonyl (C=O) groups excluding carboxylic acids is 1. The highest BCUT2D eigenvalue weighted by atomic mass is 16.5. The summed E-state index contributed by atoms with van der Waals surface area (Å²) in [5.74, 6) is 4.63. The molecule has 0 saturated carbocycles. The Bertz CT molecular complexity index is 449. The van der Waals surface area contributed by atoms with Gasteiger partial charge in [0.2, 0.25) is 0 Å². The maximum absolute atomic E-state index is 11.3. The highest BCUT2D eigenvalue weighted by Crippen LogP contribution is 2.14. The Kier molecular flexibility index (Phi) is 5.05. The van der Waals surface area contributed by atoms with E-state index in [2.05, 4.69) is 29.1 Å². The number of morpholine rings is 1. The van der Waals surface area contributed by atoms with Gasteiger partial charge in [0.1, 0.15) is 0 Å². The Hall–Kier alpha value is -1.51. The number of nitrogens with one attached hydrogen (secondary N) is 1. The molecule has 1 saturated heterocycles. The molecule has 0 radical (unpaired) electrons. The SMILES string of the molecule is CCC1COC(C)CN1CCn1cc(C(=O)NN)nn1. The Morgan fingerprint density at radius 3 is 3.10 bits per heavy atom. The lowest BCUT2D eigenvalue weighted by atomic mass is 10.1. The molecule has 2 atom stereocenters. The van der Waals surface area contributed by atoms with E-state index in [-0.39, 0.29) is 11.8 Å². The average Bonchev–Trinajstić information content (AvgIpc) is 2.93. The third kappa shape index (κ3) is 3.53. The Morgan fingerprint density at radius 1 is 1.60 bits per heavy atom. The van der Waals surface area contributed by atoms with Crippen molar-refractivity contribution in [1.82, 2.24) is 25.3 Å². The molecule has 1 aromatic rings. The minimum Gasteiger partial charge on any atom is -0.376 e. The van der Waals surface area contributed by atoms with Crippen LogP contribution in [-0.2, 0) is 11.3 Å². The first kappa shape index (κ1) is 14.9. The number of hydrogen-bond acceptors (Lipinski definition) is 6. The van der Waals surface area contributed by atoms with E-state index in [4.69, 9.17) is 10.6 Å². The van der Waals surface area contributed by atoms with E-state index in [1.165, 1.54) is 0 Å². The van der Waals surface area contributed by atoms with Crippen LogP contribution in [-0.4, -0.2) is 57.6 Å². The van der Waals surface area contributed by atoms with Crippen molar-refractivity contribution in [1.29, 1.82) is 0 Å². The van der Waals surface area contributed by atoms with Crippen LogP contribution in [0.1, 0.15) is 30.8 Å². The van der Waals surface area contributed by atoms with Crippen LogP contribution in [0.4, 0.5) is 0 Å². The van der Waals surface area contributed by atoms with Crippen LogP contribution < -0.4 is 11.3 Å². The lowest BCUT2D eigenvalue weighted by Gasteiger charge is -2.38. The van der Waals surface area contributed by atoms with Gasteiger partial charge in [-0.15, -0.1) is 5.10 Å². The molecule has 20 heavy (non-hydrogen) atoms. The summed E-state index contributed by atoms with van der Waals surface area (Å²) < 4.78 is 7.33. The third-order valence-electron chi connectivity index (χ3n) is 3.57. The van der Waals surface area contributed by atoms with E-state index in [9.17, 15) is 4.79 Å². The number of ether oxygens (including phenoxy) is 1. The van der Waals surface area contributed by atoms with Crippen LogP contribution >= 0.6 is 0 Å². The van der Waals surface area contributed by atoms with Crippen LogP contribution in [0.3, 0.4) is 0 Å². The fourth-order valence-electron chi connectivity index (χ4n) is 2.38. The molecule has 2 rings (SSSR count). The lowest BCUT2D eigenvalue weighted by Crippen LogP contribution is -2.49. The number of hydrogen-bond donors (Lipinski definition) is 2. The van der Waals surface area contributed by atoms with Gasteiger partial charge in [0, 0.05) is 19.1 Å². The van der Waals surface area contributed by atoms with Crippen molar-refractivity contribution < 1.29 is 9.53 Å². The second-order valence-electron chi connectivity index (χ2n) is 5.04. The lowest BCUT2D eigenvalue weighted by molar-refractivity contribution is -0.0569. The fraction of sp³-hybridized carbons (Fsp3) is 0.750. The zero-order valence-corrected chi connectivity index (χ0v) is 12.0. The third-order valence-corrected chi connectivity index (χ3v) is 3.57. The van der Waals surface area contributed by atoms with Crippen LogP contribution in [0.15, 0.2) is 6.20 Å². The van der Waals surface area contributed by atoms with Gasteiger partial charge in [-0.05, 0) is 13.3 Å². The highest BCUT2D eigenvalue weighted by Gasteiger charge is 2.25. The molecule has 1 fully saturated rings. The molecule has 0 spiro atoms. The van der Waals surface area contributed by atoms with Crippen LogP contribution in [0, 0.1) is 0 Å². The normalized spacial score (nSPS) is 23.8. The van der Waals surface area contributed by atoms with E-state index < -0.39 is 5.91 Å². The second-order valence-corrected chi connectivity index (χ2v) is 5.04. The molecule has 0 bridgehead atoms. The molecule has 3 N–H and O–H groups in total. The number of amides is 1. The van der Waals surface area contributed by atoms with Crippen molar-refractivity contribution in [2.24, 2.45) is 5.84 Å². The number of rotatable bonds is 5. The molecule has 8 heteroatoms. The van der Waals surface area contributed by atoms with E-state index in [1.807, 2.05) is 5.43 Å². The van der Waals surface area contributed by atoms with Crippen LogP contribution in [0.2, 0.25) is 0 Å². The van der Waals surface area contributed by atoms with E-state index in [0.717, 1.165) is 26.1 Å². The van der Waals surface area contributed by atoms with Crippen molar-refractivity contribution in [2.45, 2.75) is 39.0 Å². The summed E-state index contributed by atoms with van der Waals surface area (Å²) in [5.41, 5.74) is 2.27. The average molecular weight is 282 g/mol. The number of hydrazine groups is 1. The molecule has 1 aliphatic heterocycles. The molecule has 1 amide bonds. The number of nitrogen functional groups attached to an aromatic ring is 1. The first-order chi connectivity index (χ1) is 9.63. The molecule has 1 aliphatic rings. The molecule has 8 nitrogen and oxygen atoms in total. The summed E-state index contributed by atoms with van der Waals surface area (Å²) in [7, 11) is 0. The standard InChI is InChI=1S/C12H22N6O2/c1-3-10-8-20-9(2)6-17(10)4-5-18-7-11(15-16-18)12(19)14-13/h7,9-10H,3-6,8,13H2,1-2H3,(H,14,19). The van der Waals surface area contributed by atoms with Crippen molar-refractivity contribution in [3.63, 3.8) is 0 Å². The van der Waals surface area contributed by atoms with Crippen molar-refractivity contribution in [3.8, 4) is 0 Å². The number of aromatic nitrogens is 3. The van der Waals surface area contributed by atoms with Gasteiger partial charge in [0.25, 0.3) is 5.91 Å². The monoisotopic (exact) mass is 282 g/mol. The maximum Gasteiger partial charge on any atom is 0.287 e. The molecular formula is C12H22N6O2. The van der Waals surface area contributed by atoms with E-state index >= 15 is 0 Å². The summed E-state index contributed by atoms with van der Waals surface area (Å²) in [6.07, 6.45) is 2.92. The summed E-state index contributed by atoms with van der Waals surface area (Å²) >= 11 is 0. The summed E-state index contributed by atoms with van der Waals surface area (Å²) in [6, 6.07) is 0.446. The van der Waals surface area contributed by atoms with Crippen molar-refractivity contribution >= 4 is 5.91 Å². The first-order valence-corrected chi connectivity index (χ1v) is 6.90. The van der Waals surface area contributed by atoms with Gasteiger partial charge in [-0.3, -0.25) is 19.8 Å². The maximum atomic E-state index is 11.3. The Morgan fingerprint density at radius 2 is 2.40 bits per heavy atom. The molecule has 112 valence electrons. The highest BCUT2D eigenvalue weighted by molar-refractivity contribution is 5.91. The van der Waals surface area contributed by atoms with Gasteiger partial charge in [0.15, 0.2) is 5.69 Å². The molecular weight excluding hydrogens is 260 g/mol. The number of nitrogens with two attached hydrogens (primary N) is 1. The zero-order valence-electron chi connectivity index (χ0n) is 12.0. The predicted octanol–water partition coefficient (Wildman–Crippen LogP) is -0.619. The predicted molar refractivity (Wildman–Crippen MR) is 72.7 cm³/mol. The molecule has 2 heterocycles. The van der Waals surface area contributed by atoms with Crippen LogP contribution in [0.5, 0.6) is 0 Å². The number of carbonyl (C=O) groups is 1. The van der Waals surface area contributed by atoms with Gasteiger partial charge in [-0.1, -0.05) is 12.1 Å². The van der Waals surface area contributed by atoms with E-state index in [1.54, 1.807) is 10.9 Å². The Balaban J connectivity index is 1.90. The smallest absolute Gasteiger partial charge is 0.287 e. The quantitative estimate of drug-likeness (QED) is 0.424. The second kappa shape index (κ2) is 6.78. The minimum atomic E-state index is -0.428.